The van der Waals surface area contributed by atoms with Crippen LogP contribution in [0.5, 0.6) is 0 Å². The summed E-state index contributed by atoms with van der Waals surface area (Å²) in [4.78, 5) is 10.3. The van der Waals surface area contributed by atoms with Gasteiger partial charge < -0.3 is 5.11 Å². The SMILES string of the molecule is CC(O)(c1ccc(C=O)cc1)C(F)(F)F. The molecule has 1 aromatic rings. The van der Waals surface area contributed by atoms with Crippen molar-refractivity contribution in [3.63, 3.8) is 0 Å². The number of aliphatic hydroxyl groups is 1. The maximum atomic E-state index is 12.4. The van der Waals surface area contributed by atoms with Crippen LogP contribution < -0.4 is 0 Å². The fourth-order valence-electron chi connectivity index (χ4n) is 1.05. The Morgan fingerprint density at radius 3 is 2.00 bits per heavy atom. The van der Waals surface area contributed by atoms with Gasteiger partial charge in [0.25, 0.3) is 0 Å². The number of rotatable bonds is 2. The number of hydrogen-bond acceptors (Lipinski definition) is 2. The quantitative estimate of drug-likeness (QED) is 0.773. The Hall–Kier alpha value is -1.36. The monoisotopic (exact) mass is 218 g/mol. The molecule has 2 nitrogen and oxygen atoms in total. The fourth-order valence-corrected chi connectivity index (χ4v) is 1.05. The number of aldehydes is 1. The lowest BCUT2D eigenvalue weighted by atomic mass is 9.95. The van der Waals surface area contributed by atoms with E-state index in [2.05, 4.69) is 0 Å². The van der Waals surface area contributed by atoms with E-state index in [0.717, 1.165) is 12.1 Å². The number of benzene rings is 1. The fraction of sp³-hybridized carbons (Fsp3) is 0.300. The van der Waals surface area contributed by atoms with Crippen molar-refractivity contribution in [2.24, 2.45) is 0 Å². The molecule has 0 saturated heterocycles. The van der Waals surface area contributed by atoms with Crippen LogP contribution in [-0.4, -0.2) is 17.6 Å². The number of carbonyl (C=O) groups is 1. The molecule has 0 aliphatic heterocycles. The Labute approximate surface area is 84.3 Å². The summed E-state index contributed by atoms with van der Waals surface area (Å²) in [5, 5.41) is 9.27. The summed E-state index contributed by atoms with van der Waals surface area (Å²) in [7, 11) is 0. The lowest BCUT2D eigenvalue weighted by Gasteiger charge is -2.26. The normalized spacial score (nSPS) is 15.8. The Balaban J connectivity index is 3.11. The highest BCUT2D eigenvalue weighted by molar-refractivity contribution is 5.74. The van der Waals surface area contributed by atoms with Gasteiger partial charge in [0.15, 0.2) is 5.60 Å². The molecule has 0 aromatic heterocycles. The highest BCUT2D eigenvalue weighted by Gasteiger charge is 2.50. The number of alkyl halides is 3. The average molecular weight is 218 g/mol. The van der Waals surface area contributed by atoms with Gasteiger partial charge in [-0.15, -0.1) is 0 Å². The zero-order chi connectivity index (χ0) is 11.7. The van der Waals surface area contributed by atoms with Crippen LogP contribution in [0.15, 0.2) is 24.3 Å². The summed E-state index contributed by atoms with van der Waals surface area (Å²) in [6.45, 7) is 0.670. The van der Waals surface area contributed by atoms with E-state index in [9.17, 15) is 23.1 Å². The molecule has 5 heteroatoms. The summed E-state index contributed by atoms with van der Waals surface area (Å²) in [5.41, 5.74) is -2.92. The van der Waals surface area contributed by atoms with Gasteiger partial charge in [-0.1, -0.05) is 24.3 Å². The molecule has 0 radical (unpaired) electrons. The van der Waals surface area contributed by atoms with Crippen LogP contribution in [0, 0.1) is 0 Å². The first-order chi connectivity index (χ1) is 6.79. The predicted octanol–water partition coefficient (Wildman–Crippen LogP) is 2.27. The van der Waals surface area contributed by atoms with Crippen LogP contribution in [-0.2, 0) is 5.60 Å². The molecule has 0 aliphatic carbocycles. The molecular weight excluding hydrogens is 209 g/mol. The maximum absolute atomic E-state index is 12.4. The maximum Gasteiger partial charge on any atom is 0.421 e. The van der Waals surface area contributed by atoms with Crippen LogP contribution in [0.2, 0.25) is 0 Å². The third kappa shape index (κ3) is 2.18. The van der Waals surface area contributed by atoms with E-state index in [1.54, 1.807) is 0 Å². The van der Waals surface area contributed by atoms with E-state index < -0.39 is 11.8 Å². The van der Waals surface area contributed by atoms with Crippen molar-refractivity contribution in [2.75, 3.05) is 0 Å². The van der Waals surface area contributed by atoms with Gasteiger partial charge in [0.2, 0.25) is 0 Å². The number of halogens is 3. The Bertz CT molecular complexity index is 352. The summed E-state index contributed by atoms with van der Waals surface area (Å²) >= 11 is 0. The van der Waals surface area contributed by atoms with Crippen molar-refractivity contribution in [3.05, 3.63) is 35.4 Å². The van der Waals surface area contributed by atoms with Gasteiger partial charge in [0, 0.05) is 5.56 Å². The van der Waals surface area contributed by atoms with Gasteiger partial charge in [-0.05, 0) is 12.5 Å². The standard InChI is InChI=1S/C10H9F3O2/c1-9(15,10(11,12)13)8-4-2-7(6-14)3-5-8/h2-6,15H,1H3. The Morgan fingerprint density at radius 2 is 1.67 bits per heavy atom. The first-order valence-electron chi connectivity index (χ1n) is 4.14. The van der Waals surface area contributed by atoms with Gasteiger partial charge >= 0.3 is 6.18 Å². The molecule has 1 rings (SSSR count). The van der Waals surface area contributed by atoms with Crippen molar-refractivity contribution < 1.29 is 23.1 Å². The molecule has 1 unspecified atom stereocenters. The summed E-state index contributed by atoms with van der Waals surface area (Å²) < 4.78 is 37.1. The third-order valence-electron chi connectivity index (χ3n) is 2.16. The van der Waals surface area contributed by atoms with Crippen molar-refractivity contribution >= 4 is 6.29 Å². The molecule has 1 atom stereocenters. The van der Waals surface area contributed by atoms with Gasteiger partial charge in [-0.25, -0.2) is 0 Å². The van der Waals surface area contributed by atoms with Gasteiger partial charge in [0.05, 0.1) is 0 Å². The van der Waals surface area contributed by atoms with Crippen LogP contribution in [0.1, 0.15) is 22.8 Å². The molecule has 0 bridgehead atoms. The van der Waals surface area contributed by atoms with Crippen molar-refractivity contribution in [2.45, 2.75) is 18.7 Å². The molecule has 82 valence electrons. The van der Waals surface area contributed by atoms with Crippen molar-refractivity contribution in [1.29, 1.82) is 0 Å². The van der Waals surface area contributed by atoms with Gasteiger partial charge in [-0.2, -0.15) is 13.2 Å². The van der Waals surface area contributed by atoms with Gasteiger partial charge in [-0.3, -0.25) is 4.79 Å². The summed E-state index contributed by atoms with van der Waals surface area (Å²) in [6.07, 6.45) is -4.22. The van der Waals surface area contributed by atoms with Crippen molar-refractivity contribution in [1.82, 2.24) is 0 Å². The number of carbonyl (C=O) groups excluding carboxylic acids is 1. The minimum Gasteiger partial charge on any atom is -0.376 e. The Morgan fingerprint density at radius 1 is 1.20 bits per heavy atom. The molecule has 1 aromatic carbocycles. The van der Waals surface area contributed by atoms with E-state index >= 15 is 0 Å². The molecule has 0 amide bonds. The van der Waals surface area contributed by atoms with E-state index in [0.29, 0.717) is 13.2 Å². The smallest absolute Gasteiger partial charge is 0.376 e. The van der Waals surface area contributed by atoms with Gasteiger partial charge in [0.1, 0.15) is 6.29 Å². The van der Waals surface area contributed by atoms with Crippen LogP contribution >= 0.6 is 0 Å². The highest BCUT2D eigenvalue weighted by Crippen LogP contribution is 2.38. The van der Waals surface area contributed by atoms with E-state index in [1.165, 1.54) is 12.1 Å². The molecule has 0 heterocycles. The topological polar surface area (TPSA) is 37.3 Å². The highest BCUT2D eigenvalue weighted by atomic mass is 19.4. The minimum atomic E-state index is -4.74. The molecule has 0 fully saturated rings. The zero-order valence-electron chi connectivity index (χ0n) is 7.88. The van der Waals surface area contributed by atoms with E-state index in [1.807, 2.05) is 0 Å². The van der Waals surface area contributed by atoms with Crippen LogP contribution in [0.3, 0.4) is 0 Å². The molecule has 0 spiro atoms. The molecule has 1 N–H and O–H groups in total. The summed E-state index contributed by atoms with van der Waals surface area (Å²) in [5.74, 6) is 0. The zero-order valence-corrected chi connectivity index (χ0v) is 7.88. The number of hydrogen-bond donors (Lipinski definition) is 1. The van der Waals surface area contributed by atoms with Crippen LogP contribution in [0.4, 0.5) is 13.2 Å². The minimum absolute atomic E-state index is 0.261. The molecule has 0 saturated carbocycles. The first kappa shape index (κ1) is 11.7. The predicted molar refractivity (Wildman–Crippen MR) is 47.5 cm³/mol. The second-order valence-corrected chi connectivity index (χ2v) is 3.31. The molecule has 0 aliphatic rings. The largest absolute Gasteiger partial charge is 0.421 e. The average Bonchev–Trinajstić information content (AvgIpc) is 2.16. The van der Waals surface area contributed by atoms with E-state index in [-0.39, 0.29) is 11.1 Å². The van der Waals surface area contributed by atoms with E-state index in [4.69, 9.17) is 0 Å². The summed E-state index contributed by atoms with van der Waals surface area (Å²) in [6, 6.07) is 4.61. The lowest BCUT2D eigenvalue weighted by Crippen LogP contribution is -2.39. The Kier molecular flexibility index (Phi) is 2.86. The second kappa shape index (κ2) is 3.66. The van der Waals surface area contributed by atoms with Crippen molar-refractivity contribution in [3.8, 4) is 0 Å². The second-order valence-electron chi connectivity index (χ2n) is 3.31. The van der Waals surface area contributed by atoms with Crippen LogP contribution in [0.25, 0.3) is 0 Å². The lowest BCUT2D eigenvalue weighted by molar-refractivity contribution is -0.258. The molecule has 15 heavy (non-hydrogen) atoms. The molecular formula is C10H9F3O2. The third-order valence-corrected chi connectivity index (χ3v) is 2.16. The first-order valence-corrected chi connectivity index (χ1v) is 4.14.